The second kappa shape index (κ2) is 8.62. The number of aromatic nitrogens is 1. The number of anilines is 2. The molecule has 3 N–H and O–H groups in total. The highest BCUT2D eigenvalue weighted by molar-refractivity contribution is 7.92. The van der Waals surface area contributed by atoms with Crippen LogP contribution in [0.15, 0.2) is 71.9 Å². The summed E-state index contributed by atoms with van der Waals surface area (Å²) in [6, 6.07) is 14.4. The van der Waals surface area contributed by atoms with Gasteiger partial charge in [-0.15, -0.1) is 0 Å². The lowest BCUT2D eigenvalue weighted by molar-refractivity contribution is 0.333. The number of phenols is 1. The smallest absolute Gasteiger partial charge is 0.262 e. The zero-order valence-electron chi connectivity index (χ0n) is 15.3. The minimum absolute atomic E-state index is 0.0157. The Labute approximate surface area is 164 Å². The standard InChI is InChI=1S/C20H21N3O4S/c1-15-11-17(23-28(25,26)20-4-2-3-18(24)14-20)13-19(12-15)27-10-9-22-16-5-7-21-8-6-16/h2-8,11-14,23-24H,9-10H2,1H3,(H,21,22). The highest BCUT2D eigenvalue weighted by atomic mass is 32.2. The molecular weight excluding hydrogens is 378 g/mol. The number of nitrogens with zero attached hydrogens (tertiary/aromatic N) is 1. The van der Waals surface area contributed by atoms with Gasteiger partial charge < -0.3 is 15.2 Å². The Balaban J connectivity index is 1.64. The predicted molar refractivity (Wildman–Crippen MR) is 108 cm³/mol. The van der Waals surface area contributed by atoms with Crippen LogP contribution in [-0.4, -0.2) is 31.7 Å². The Morgan fingerprint density at radius 2 is 1.82 bits per heavy atom. The van der Waals surface area contributed by atoms with Crippen molar-refractivity contribution in [1.29, 1.82) is 0 Å². The number of aryl methyl sites for hydroxylation is 1. The lowest BCUT2D eigenvalue weighted by Gasteiger charge is -2.13. The molecule has 0 unspecified atom stereocenters. The van der Waals surface area contributed by atoms with E-state index in [1.165, 1.54) is 24.3 Å². The molecule has 2 aromatic carbocycles. The number of benzene rings is 2. The van der Waals surface area contributed by atoms with Crippen LogP contribution in [0.2, 0.25) is 0 Å². The molecule has 0 bridgehead atoms. The molecule has 0 fully saturated rings. The van der Waals surface area contributed by atoms with Gasteiger partial charge in [0.05, 0.1) is 10.6 Å². The summed E-state index contributed by atoms with van der Waals surface area (Å²) in [7, 11) is -3.81. The van der Waals surface area contributed by atoms with Gasteiger partial charge in [0, 0.05) is 36.8 Å². The lowest BCUT2D eigenvalue weighted by atomic mass is 10.2. The van der Waals surface area contributed by atoms with E-state index in [9.17, 15) is 13.5 Å². The van der Waals surface area contributed by atoms with Gasteiger partial charge in [-0.05, 0) is 48.9 Å². The van der Waals surface area contributed by atoms with E-state index in [0.717, 1.165) is 11.3 Å². The van der Waals surface area contributed by atoms with E-state index in [1.54, 1.807) is 24.5 Å². The van der Waals surface area contributed by atoms with Gasteiger partial charge in [-0.3, -0.25) is 9.71 Å². The second-order valence-corrected chi connectivity index (χ2v) is 7.83. The second-order valence-electron chi connectivity index (χ2n) is 6.15. The quantitative estimate of drug-likeness (QED) is 0.502. The van der Waals surface area contributed by atoms with Crippen LogP contribution in [-0.2, 0) is 10.0 Å². The molecule has 0 atom stereocenters. The van der Waals surface area contributed by atoms with Crippen LogP contribution in [0.5, 0.6) is 11.5 Å². The van der Waals surface area contributed by atoms with Crippen LogP contribution in [0, 0.1) is 6.92 Å². The summed E-state index contributed by atoms with van der Waals surface area (Å²) < 4.78 is 33.3. The van der Waals surface area contributed by atoms with Crippen LogP contribution in [0.1, 0.15) is 5.56 Å². The number of hydrogen-bond acceptors (Lipinski definition) is 6. The Kier molecular flexibility index (Phi) is 6.00. The van der Waals surface area contributed by atoms with Crippen molar-refractivity contribution >= 4 is 21.4 Å². The number of nitrogens with one attached hydrogen (secondary N) is 2. The molecule has 28 heavy (non-hydrogen) atoms. The van der Waals surface area contributed by atoms with Crippen molar-refractivity contribution in [2.24, 2.45) is 0 Å². The zero-order valence-corrected chi connectivity index (χ0v) is 16.1. The topological polar surface area (TPSA) is 101 Å². The summed E-state index contributed by atoms with van der Waals surface area (Å²) in [5.74, 6) is 0.447. The Morgan fingerprint density at radius 1 is 1.04 bits per heavy atom. The van der Waals surface area contributed by atoms with Crippen molar-refractivity contribution in [2.75, 3.05) is 23.2 Å². The van der Waals surface area contributed by atoms with Crippen LogP contribution < -0.4 is 14.8 Å². The van der Waals surface area contributed by atoms with Gasteiger partial charge in [0.2, 0.25) is 0 Å². The molecule has 3 aromatic rings. The number of pyridine rings is 1. The molecule has 0 amide bonds. The monoisotopic (exact) mass is 399 g/mol. The van der Waals surface area contributed by atoms with Crippen LogP contribution in [0.3, 0.4) is 0 Å². The SMILES string of the molecule is Cc1cc(NS(=O)(=O)c2cccc(O)c2)cc(OCCNc2ccncc2)c1. The van der Waals surface area contributed by atoms with Crippen molar-refractivity contribution in [3.8, 4) is 11.5 Å². The highest BCUT2D eigenvalue weighted by Gasteiger charge is 2.15. The third-order valence-electron chi connectivity index (χ3n) is 3.81. The van der Waals surface area contributed by atoms with E-state index >= 15 is 0 Å². The maximum atomic E-state index is 12.5. The number of sulfonamides is 1. The fourth-order valence-electron chi connectivity index (χ4n) is 2.59. The zero-order chi connectivity index (χ0) is 20.0. The van der Waals surface area contributed by atoms with E-state index < -0.39 is 10.0 Å². The first-order chi connectivity index (χ1) is 13.4. The van der Waals surface area contributed by atoms with Gasteiger partial charge in [-0.25, -0.2) is 8.42 Å². The molecule has 0 aliphatic heterocycles. The molecule has 146 valence electrons. The largest absolute Gasteiger partial charge is 0.508 e. The maximum absolute atomic E-state index is 12.5. The Hall–Kier alpha value is -3.26. The van der Waals surface area contributed by atoms with Crippen molar-refractivity contribution in [2.45, 2.75) is 11.8 Å². The van der Waals surface area contributed by atoms with E-state index in [0.29, 0.717) is 24.6 Å². The molecular formula is C20H21N3O4S. The first-order valence-electron chi connectivity index (χ1n) is 8.63. The fourth-order valence-corrected chi connectivity index (χ4v) is 3.67. The molecule has 0 saturated carbocycles. The summed E-state index contributed by atoms with van der Waals surface area (Å²) in [6.45, 7) is 2.85. The molecule has 3 rings (SSSR count). The highest BCUT2D eigenvalue weighted by Crippen LogP contribution is 2.24. The van der Waals surface area contributed by atoms with Crippen molar-refractivity contribution in [1.82, 2.24) is 4.98 Å². The molecule has 0 spiro atoms. The van der Waals surface area contributed by atoms with Gasteiger partial charge in [-0.2, -0.15) is 0 Å². The van der Waals surface area contributed by atoms with E-state index in [-0.39, 0.29) is 10.6 Å². The van der Waals surface area contributed by atoms with Gasteiger partial charge in [0.15, 0.2) is 0 Å². The summed E-state index contributed by atoms with van der Waals surface area (Å²) >= 11 is 0. The number of ether oxygens (including phenoxy) is 1. The van der Waals surface area contributed by atoms with Gasteiger partial charge in [0.1, 0.15) is 18.1 Å². The lowest BCUT2D eigenvalue weighted by Crippen LogP contribution is -2.14. The Morgan fingerprint density at radius 3 is 2.57 bits per heavy atom. The van der Waals surface area contributed by atoms with Gasteiger partial charge in [0.25, 0.3) is 10.0 Å². The number of aromatic hydroxyl groups is 1. The number of rotatable bonds is 8. The molecule has 1 aromatic heterocycles. The van der Waals surface area contributed by atoms with E-state index in [4.69, 9.17) is 4.74 Å². The minimum atomic E-state index is -3.81. The van der Waals surface area contributed by atoms with Crippen LogP contribution >= 0.6 is 0 Å². The van der Waals surface area contributed by atoms with Crippen molar-refractivity contribution in [3.63, 3.8) is 0 Å². The first kappa shape index (κ1) is 19.5. The maximum Gasteiger partial charge on any atom is 0.262 e. The van der Waals surface area contributed by atoms with Crippen LogP contribution in [0.4, 0.5) is 11.4 Å². The normalized spacial score (nSPS) is 11.0. The van der Waals surface area contributed by atoms with E-state index in [2.05, 4.69) is 15.0 Å². The fraction of sp³-hybridized carbons (Fsp3) is 0.150. The van der Waals surface area contributed by atoms with Crippen LogP contribution in [0.25, 0.3) is 0 Å². The molecule has 1 heterocycles. The summed E-state index contributed by atoms with van der Waals surface area (Å²) in [5.41, 5.74) is 2.19. The van der Waals surface area contributed by atoms with Crippen molar-refractivity contribution < 1.29 is 18.3 Å². The average molecular weight is 399 g/mol. The summed E-state index contributed by atoms with van der Waals surface area (Å²) in [5, 5.41) is 12.7. The third kappa shape index (κ3) is 5.37. The molecule has 8 heteroatoms. The van der Waals surface area contributed by atoms with Gasteiger partial charge >= 0.3 is 0 Å². The predicted octanol–water partition coefficient (Wildman–Crippen LogP) is 3.39. The van der Waals surface area contributed by atoms with E-state index in [1.807, 2.05) is 25.1 Å². The molecule has 0 saturated heterocycles. The van der Waals surface area contributed by atoms with Crippen molar-refractivity contribution in [3.05, 3.63) is 72.6 Å². The summed E-state index contributed by atoms with van der Waals surface area (Å²) in [4.78, 5) is 3.94. The molecule has 0 aliphatic carbocycles. The Bertz CT molecular complexity index is 1040. The number of hydrogen-bond donors (Lipinski definition) is 3. The molecule has 7 nitrogen and oxygen atoms in total. The first-order valence-corrected chi connectivity index (χ1v) is 10.1. The average Bonchev–Trinajstić information content (AvgIpc) is 2.65. The summed E-state index contributed by atoms with van der Waals surface area (Å²) in [6.07, 6.45) is 3.41. The molecule has 0 aliphatic rings. The third-order valence-corrected chi connectivity index (χ3v) is 5.19. The number of phenolic OH excluding ortho intramolecular Hbond substituents is 1. The van der Waals surface area contributed by atoms with Gasteiger partial charge in [-0.1, -0.05) is 6.07 Å². The minimum Gasteiger partial charge on any atom is -0.508 e. The molecule has 0 radical (unpaired) electrons.